The Kier molecular flexibility index (Phi) is 3.77. The fraction of sp³-hybridized carbons (Fsp3) is 0.700. The lowest BCUT2D eigenvalue weighted by Crippen LogP contribution is -2.20. The Balaban J connectivity index is 2.61. The molecule has 0 saturated heterocycles. The van der Waals surface area contributed by atoms with Gasteiger partial charge in [0.25, 0.3) is 0 Å². The van der Waals surface area contributed by atoms with Crippen LogP contribution >= 0.6 is 0 Å². The third-order valence-electron chi connectivity index (χ3n) is 2.11. The monoisotopic (exact) mass is 220 g/mol. The number of hydrogen-bond donors (Lipinski definition) is 0. The molecule has 1 aromatic rings. The lowest BCUT2D eigenvalue weighted by Gasteiger charge is -2.10. The van der Waals surface area contributed by atoms with E-state index in [9.17, 15) is 13.2 Å². The first-order valence-electron chi connectivity index (χ1n) is 4.96. The zero-order valence-electron chi connectivity index (χ0n) is 8.88. The maximum absolute atomic E-state index is 12.1. The minimum Gasteiger partial charge on any atom is -0.260 e. The van der Waals surface area contributed by atoms with Crippen molar-refractivity contribution in [3.05, 3.63) is 18.0 Å². The van der Waals surface area contributed by atoms with Crippen LogP contribution in [0.4, 0.5) is 13.2 Å². The molecule has 0 aliphatic heterocycles. The first-order chi connectivity index (χ1) is 6.88. The van der Waals surface area contributed by atoms with Gasteiger partial charge in [0.15, 0.2) is 0 Å². The van der Waals surface area contributed by atoms with E-state index in [2.05, 4.69) is 5.10 Å². The van der Waals surface area contributed by atoms with Gasteiger partial charge in [-0.15, -0.1) is 0 Å². The maximum atomic E-state index is 12.1. The maximum Gasteiger partial charge on any atom is 0.408 e. The van der Waals surface area contributed by atoms with Crippen LogP contribution in [0, 0.1) is 5.92 Å². The summed E-state index contributed by atoms with van der Waals surface area (Å²) in [5, 5.41) is 3.68. The molecular formula is C10H15F3N2. The van der Waals surface area contributed by atoms with Crippen molar-refractivity contribution in [1.82, 2.24) is 9.78 Å². The number of halogens is 3. The molecule has 0 aromatic carbocycles. The predicted octanol–water partition coefficient (Wildman–Crippen LogP) is 3.03. The molecule has 1 aromatic heterocycles. The molecule has 86 valence electrons. The molecule has 1 heterocycles. The zero-order valence-corrected chi connectivity index (χ0v) is 8.88. The Bertz CT molecular complexity index is 302. The van der Waals surface area contributed by atoms with E-state index in [0.29, 0.717) is 18.0 Å². The highest BCUT2D eigenvalue weighted by molar-refractivity contribution is 5.01. The summed E-state index contributed by atoms with van der Waals surface area (Å²) in [5.41, 5.74) is 0.654. The Morgan fingerprint density at radius 2 is 2.07 bits per heavy atom. The largest absolute Gasteiger partial charge is 0.408 e. The van der Waals surface area contributed by atoms with E-state index in [0.717, 1.165) is 11.1 Å². The number of aromatic nitrogens is 2. The molecule has 2 nitrogen and oxygen atoms in total. The van der Waals surface area contributed by atoms with Gasteiger partial charge in [-0.05, 0) is 24.8 Å². The van der Waals surface area contributed by atoms with Gasteiger partial charge in [-0.25, -0.2) is 0 Å². The molecule has 0 fully saturated rings. The molecule has 0 N–H and O–H groups in total. The average Bonchev–Trinajstić information content (AvgIpc) is 2.45. The van der Waals surface area contributed by atoms with Crippen molar-refractivity contribution in [2.45, 2.75) is 39.4 Å². The van der Waals surface area contributed by atoms with Crippen molar-refractivity contribution in [3.8, 4) is 0 Å². The first-order valence-corrected chi connectivity index (χ1v) is 4.96. The van der Waals surface area contributed by atoms with Gasteiger partial charge >= 0.3 is 6.18 Å². The number of alkyl halides is 3. The van der Waals surface area contributed by atoms with Crippen LogP contribution in [0.5, 0.6) is 0 Å². The number of rotatable bonds is 4. The quantitative estimate of drug-likeness (QED) is 0.762. The molecule has 0 radical (unpaired) electrons. The Morgan fingerprint density at radius 1 is 1.40 bits per heavy atom. The summed E-state index contributed by atoms with van der Waals surface area (Å²) in [7, 11) is 0. The molecule has 0 saturated carbocycles. The molecule has 0 spiro atoms. The van der Waals surface area contributed by atoms with Gasteiger partial charge in [0.2, 0.25) is 0 Å². The molecule has 0 aliphatic rings. The Hall–Kier alpha value is -1.00. The summed E-state index contributed by atoms with van der Waals surface area (Å²) in [6.07, 6.45) is -1.25. The Labute approximate surface area is 87.1 Å². The van der Waals surface area contributed by atoms with E-state index in [1.165, 1.54) is 6.20 Å². The molecule has 0 amide bonds. The van der Waals surface area contributed by atoms with Gasteiger partial charge in [-0.1, -0.05) is 13.8 Å². The van der Waals surface area contributed by atoms with Crippen LogP contribution in [-0.4, -0.2) is 16.0 Å². The SMILES string of the molecule is CC(C)CCc1ccnn1CC(F)(F)F. The van der Waals surface area contributed by atoms with Crippen LogP contribution in [0.25, 0.3) is 0 Å². The van der Waals surface area contributed by atoms with Crippen molar-refractivity contribution < 1.29 is 13.2 Å². The molecular weight excluding hydrogens is 205 g/mol. The molecule has 5 heteroatoms. The van der Waals surface area contributed by atoms with E-state index in [4.69, 9.17) is 0 Å². The van der Waals surface area contributed by atoms with Crippen LogP contribution < -0.4 is 0 Å². The molecule has 0 unspecified atom stereocenters. The second-order valence-corrected chi connectivity index (χ2v) is 4.03. The van der Waals surface area contributed by atoms with Crippen LogP contribution in [-0.2, 0) is 13.0 Å². The van der Waals surface area contributed by atoms with Crippen molar-refractivity contribution in [2.24, 2.45) is 5.92 Å². The van der Waals surface area contributed by atoms with Gasteiger partial charge in [-0.2, -0.15) is 18.3 Å². The smallest absolute Gasteiger partial charge is 0.260 e. The van der Waals surface area contributed by atoms with Crippen LogP contribution in [0.2, 0.25) is 0 Å². The minimum atomic E-state index is -4.20. The van der Waals surface area contributed by atoms with E-state index >= 15 is 0 Å². The Morgan fingerprint density at radius 3 is 2.60 bits per heavy atom. The van der Waals surface area contributed by atoms with E-state index < -0.39 is 12.7 Å². The molecule has 1 rings (SSSR count). The average molecular weight is 220 g/mol. The topological polar surface area (TPSA) is 17.8 Å². The van der Waals surface area contributed by atoms with Crippen LogP contribution in [0.1, 0.15) is 26.0 Å². The lowest BCUT2D eigenvalue weighted by molar-refractivity contribution is -0.143. The van der Waals surface area contributed by atoms with Gasteiger partial charge < -0.3 is 0 Å². The van der Waals surface area contributed by atoms with E-state index in [1.807, 2.05) is 13.8 Å². The number of hydrogen-bond acceptors (Lipinski definition) is 1. The van der Waals surface area contributed by atoms with Crippen molar-refractivity contribution in [3.63, 3.8) is 0 Å². The van der Waals surface area contributed by atoms with Gasteiger partial charge in [0.1, 0.15) is 6.54 Å². The summed E-state index contributed by atoms with van der Waals surface area (Å²) in [6.45, 7) is 3.10. The van der Waals surface area contributed by atoms with E-state index in [1.54, 1.807) is 6.07 Å². The molecule has 0 aliphatic carbocycles. The fourth-order valence-electron chi connectivity index (χ4n) is 1.32. The minimum absolute atomic E-state index is 0.485. The third kappa shape index (κ3) is 4.36. The zero-order chi connectivity index (χ0) is 11.5. The van der Waals surface area contributed by atoms with Gasteiger partial charge in [-0.3, -0.25) is 4.68 Å². The summed E-state index contributed by atoms with van der Waals surface area (Å²) in [6, 6.07) is 1.65. The number of aryl methyl sites for hydroxylation is 1. The van der Waals surface area contributed by atoms with Gasteiger partial charge in [0, 0.05) is 11.9 Å². The standard InChI is InChI=1S/C10H15F3N2/c1-8(2)3-4-9-5-6-14-15(9)7-10(11,12)13/h5-6,8H,3-4,7H2,1-2H3. The molecule has 15 heavy (non-hydrogen) atoms. The number of nitrogens with zero attached hydrogens (tertiary/aromatic N) is 2. The fourth-order valence-corrected chi connectivity index (χ4v) is 1.32. The molecule has 0 atom stereocenters. The lowest BCUT2D eigenvalue weighted by atomic mass is 10.1. The van der Waals surface area contributed by atoms with Gasteiger partial charge in [0.05, 0.1) is 0 Å². The van der Waals surface area contributed by atoms with Crippen LogP contribution in [0.15, 0.2) is 12.3 Å². The second-order valence-electron chi connectivity index (χ2n) is 4.03. The highest BCUT2D eigenvalue weighted by Gasteiger charge is 2.29. The van der Waals surface area contributed by atoms with Crippen molar-refractivity contribution in [1.29, 1.82) is 0 Å². The van der Waals surface area contributed by atoms with Crippen LogP contribution in [0.3, 0.4) is 0 Å². The third-order valence-corrected chi connectivity index (χ3v) is 2.11. The first kappa shape index (κ1) is 12.1. The van der Waals surface area contributed by atoms with Crippen molar-refractivity contribution in [2.75, 3.05) is 0 Å². The summed E-state index contributed by atoms with van der Waals surface area (Å²) < 4.78 is 37.4. The summed E-state index contributed by atoms with van der Waals surface area (Å²) in [4.78, 5) is 0. The normalized spacial score (nSPS) is 12.4. The molecule has 0 bridgehead atoms. The highest BCUT2D eigenvalue weighted by atomic mass is 19.4. The second kappa shape index (κ2) is 4.68. The summed E-state index contributed by atoms with van der Waals surface area (Å²) in [5.74, 6) is 0.485. The van der Waals surface area contributed by atoms with Crippen molar-refractivity contribution >= 4 is 0 Å². The van der Waals surface area contributed by atoms with E-state index in [-0.39, 0.29) is 0 Å². The summed E-state index contributed by atoms with van der Waals surface area (Å²) >= 11 is 0. The predicted molar refractivity (Wildman–Crippen MR) is 51.4 cm³/mol. The highest BCUT2D eigenvalue weighted by Crippen LogP contribution is 2.19.